The minimum absolute atomic E-state index is 0.0335. The van der Waals surface area contributed by atoms with Crippen LogP contribution >= 0.6 is 0 Å². The lowest BCUT2D eigenvalue weighted by atomic mass is 9.93. The predicted octanol–water partition coefficient (Wildman–Crippen LogP) is 0.685. The molecular formula is C13H26N2O3. The first-order valence-electron chi connectivity index (χ1n) is 6.72. The van der Waals surface area contributed by atoms with Gasteiger partial charge in [0.15, 0.2) is 0 Å². The highest BCUT2D eigenvalue weighted by Crippen LogP contribution is 2.20. The average Bonchev–Trinajstić information content (AvgIpc) is 2.37. The summed E-state index contributed by atoms with van der Waals surface area (Å²) in [5, 5.41) is 6.12. The Morgan fingerprint density at radius 1 is 1.33 bits per heavy atom. The van der Waals surface area contributed by atoms with Crippen LogP contribution in [0.25, 0.3) is 0 Å². The first kappa shape index (κ1) is 15.4. The SMILES string of the molecule is CNC1CCC(OCC(=O)NC(C)COC)CC1. The molecule has 5 nitrogen and oxygen atoms in total. The maximum absolute atomic E-state index is 11.6. The van der Waals surface area contributed by atoms with Crippen molar-refractivity contribution in [2.75, 3.05) is 27.4 Å². The van der Waals surface area contributed by atoms with Gasteiger partial charge in [0, 0.05) is 19.2 Å². The highest BCUT2D eigenvalue weighted by Gasteiger charge is 2.21. The lowest BCUT2D eigenvalue weighted by molar-refractivity contribution is -0.129. The molecule has 0 heterocycles. The van der Waals surface area contributed by atoms with E-state index in [0.717, 1.165) is 25.7 Å². The quantitative estimate of drug-likeness (QED) is 0.705. The molecule has 0 bridgehead atoms. The Kier molecular flexibility index (Phi) is 7.23. The number of rotatable bonds is 7. The molecule has 0 spiro atoms. The molecule has 1 atom stereocenters. The third kappa shape index (κ3) is 5.80. The molecule has 0 aliphatic heterocycles. The van der Waals surface area contributed by atoms with Crippen LogP contribution in [0, 0.1) is 0 Å². The Morgan fingerprint density at radius 3 is 2.56 bits per heavy atom. The van der Waals surface area contributed by atoms with Gasteiger partial charge in [0.25, 0.3) is 0 Å². The van der Waals surface area contributed by atoms with Gasteiger partial charge in [-0.2, -0.15) is 0 Å². The number of methoxy groups -OCH3 is 1. The molecule has 1 fully saturated rings. The second-order valence-corrected chi connectivity index (χ2v) is 5.00. The van der Waals surface area contributed by atoms with Gasteiger partial charge in [0.05, 0.1) is 12.7 Å². The zero-order chi connectivity index (χ0) is 13.4. The van der Waals surface area contributed by atoms with Crippen LogP contribution in [0.1, 0.15) is 32.6 Å². The fourth-order valence-electron chi connectivity index (χ4n) is 2.32. The maximum Gasteiger partial charge on any atom is 0.246 e. The number of amides is 1. The molecule has 0 aromatic heterocycles. The summed E-state index contributed by atoms with van der Waals surface area (Å²) in [4.78, 5) is 11.6. The number of carbonyl (C=O) groups is 1. The van der Waals surface area contributed by atoms with Crippen molar-refractivity contribution >= 4 is 5.91 Å². The van der Waals surface area contributed by atoms with Gasteiger partial charge < -0.3 is 20.1 Å². The highest BCUT2D eigenvalue weighted by molar-refractivity contribution is 5.77. The van der Waals surface area contributed by atoms with E-state index in [-0.39, 0.29) is 24.7 Å². The second kappa shape index (κ2) is 8.45. The normalized spacial score (nSPS) is 25.7. The molecule has 0 aromatic rings. The Morgan fingerprint density at radius 2 is 2.00 bits per heavy atom. The fraction of sp³-hybridized carbons (Fsp3) is 0.923. The molecule has 106 valence electrons. The highest BCUT2D eigenvalue weighted by atomic mass is 16.5. The van der Waals surface area contributed by atoms with E-state index in [2.05, 4.69) is 10.6 Å². The summed E-state index contributed by atoms with van der Waals surface area (Å²) in [5.41, 5.74) is 0. The van der Waals surface area contributed by atoms with Crippen molar-refractivity contribution in [2.24, 2.45) is 0 Å². The fourth-order valence-corrected chi connectivity index (χ4v) is 2.32. The molecular weight excluding hydrogens is 232 g/mol. The van der Waals surface area contributed by atoms with Gasteiger partial charge in [-0.1, -0.05) is 0 Å². The van der Waals surface area contributed by atoms with Crippen molar-refractivity contribution in [3.63, 3.8) is 0 Å². The molecule has 0 saturated heterocycles. The molecule has 2 N–H and O–H groups in total. The van der Waals surface area contributed by atoms with Crippen LogP contribution in [0.4, 0.5) is 0 Å². The van der Waals surface area contributed by atoms with Crippen molar-refractivity contribution in [1.82, 2.24) is 10.6 Å². The average molecular weight is 258 g/mol. The summed E-state index contributed by atoms with van der Waals surface area (Å²) in [5.74, 6) is -0.0599. The van der Waals surface area contributed by atoms with E-state index in [1.807, 2.05) is 14.0 Å². The lowest BCUT2D eigenvalue weighted by Gasteiger charge is -2.28. The number of nitrogens with one attached hydrogen (secondary N) is 2. The lowest BCUT2D eigenvalue weighted by Crippen LogP contribution is -2.39. The summed E-state index contributed by atoms with van der Waals surface area (Å²) < 4.78 is 10.6. The topological polar surface area (TPSA) is 59.6 Å². The Balaban J connectivity index is 2.11. The van der Waals surface area contributed by atoms with Gasteiger partial charge >= 0.3 is 0 Å². The van der Waals surface area contributed by atoms with E-state index in [4.69, 9.17) is 9.47 Å². The molecule has 5 heteroatoms. The molecule has 1 aliphatic rings. The van der Waals surface area contributed by atoms with Gasteiger partial charge in [0.1, 0.15) is 6.61 Å². The van der Waals surface area contributed by atoms with Crippen LogP contribution in [0.3, 0.4) is 0 Å². The van der Waals surface area contributed by atoms with Crippen molar-refractivity contribution in [3.8, 4) is 0 Å². The number of ether oxygens (including phenoxy) is 2. The standard InChI is InChI=1S/C13H26N2O3/c1-10(8-17-3)15-13(16)9-18-12-6-4-11(14-2)5-7-12/h10-12,14H,4-9H2,1-3H3,(H,15,16). The van der Waals surface area contributed by atoms with Crippen LogP contribution in [0.5, 0.6) is 0 Å². The summed E-state index contributed by atoms with van der Waals surface area (Å²) in [6.45, 7) is 2.60. The van der Waals surface area contributed by atoms with Crippen LogP contribution in [0.15, 0.2) is 0 Å². The Labute approximate surface area is 110 Å². The van der Waals surface area contributed by atoms with E-state index in [0.29, 0.717) is 12.6 Å². The largest absolute Gasteiger partial charge is 0.383 e. The molecule has 1 unspecified atom stereocenters. The molecule has 18 heavy (non-hydrogen) atoms. The minimum atomic E-state index is -0.0599. The summed E-state index contributed by atoms with van der Waals surface area (Å²) in [7, 11) is 3.62. The predicted molar refractivity (Wildman–Crippen MR) is 70.5 cm³/mol. The van der Waals surface area contributed by atoms with Crippen molar-refractivity contribution < 1.29 is 14.3 Å². The van der Waals surface area contributed by atoms with Gasteiger partial charge in [0.2, 0.25) is 5.91 Å². The summed E-state index contributed by atoms with van der Waals surface area (Å²) in [6.07, 6.45) is 4.56. The summed E-state index contributed by atoms with van der Waals surface area (Å²) in [6, 6.07) is 0.645. The minimum Gasteiger partial charge on any atom is -0.383 e. The van der Waals surface area contributed by atoms with E-state index in [1.54, 1.807) is 7.11 Å². The first-order valence-corrected chi connectivity index (χ1v) is 6.72. The third-order valence-electron chi connectivity index (χ3n) is 3.36. The molecule has 1 aliphatic carbocycles. The Bertz CT molecular complexity index is 240. The smallest absolute Gasteiger partial charge is 0.246 e. The first-order chi connectivity index (χ1) is 8.65. The zero-order valence-corrected chi connectivity index (χ0v) is 11.7. The second-order valence-electron chi connectivity index (χ2n) is 5.00. The van der Waals surface area contributed by atoms with Crippen LogP contribution in [-0.4, -0.2) is 51.5 Å². The van der Waals surface area contributed by atoms with Gasteiger partial charge in [-0.15, -0.1) is 0 Å². The number of hydrogen-bond acceptors (Lipinski definition) is 4. The summed E-state index contributed by atoms with van der Waals surface area (Å²) >= 11 is 0. The van der Waals surface area contributed by atoms with Crippen molar-refractivity contribution in [1.29, 1.82) is 0 Å². The van der Waals surface area contributed by atoms with Crippen LogP contribution in [0.2, 0.25) is 0 Å². The van der Waals surface area contributed by atoms with E-state index in [1.165, 1.54) is 0 Å². The zero-order valence-electron chi connectivity index (χ0n) is 11.7. The molecule has 0 aromatic carbocycles. The third-order valence-corrected chi connectivity index (χ3v) is 3.36. The van der Waals surface area contributed by atoms with E-state index >= 15 is 0 Å². The van der Waals surface area contributed by atoms with Gasteiger partial charge in [-0.05, 0) is 39.7 Å². The monoisotopic (exact) mass is 258 g/mol. The van der Waals surface area contributed by atoms with Crippen LogP contribution < -0.4 is 10.6 Å². The molecule has 1 amide bonds. The van der Waals surface area contributed by atoms with Crippen molar-refractivity contribution in [2.45, 2.75) is 50.8 Å². The van der Waals surface area contributed by atoms with Gasteiger partial charge in [-0.25, -0.2) is 0 Å². The molecule has 1 saturated carbocycles. The van der Waals surface area contributed by atoms with Gasteiger partial charge in [-0.3, -0.25) is 4.79 Å². The van der Waals surface area contributed by atoms with Crippen molar-refractivity contribution in [3.05, 3.63) is 0 Å². The van der Waals surface area contributed by atoms with Crippen LogP contribution in [-0.2, 0) is 14.3 Å². The molecule has 1 rings (SSSR count). The number of carbonyl (C=O) groups excluding carboxylic acids is 1. The molecule has 0 radical (unpaired) electrons. The number of hydrogen-bond donors (Lipinski definition) is 2. The Hall–Kier alpha value is -0.650. The van der Waals surface area contributed by atoms with E-state index < -0.39 is 0 Å². The van der Waals surface area contributed by atoms with E-state index in [9.17, 15) is 4.79 Å². The maximum atomic E-state index is 11.6.